The molecule has 0 unspecified atom stereocenters. The van der Waals surface area contributed by atoms with Gasteiger partial charge in [0.1, 0.15) is 11.9 Å². The minimum atomic E-state index is -3.71. The molecule has 2 aliphatic rings. The van der Waals surface area contributed by atoms with Crippen molar-refractivity contribution >= 4 is 33.2 Å². The van der Waals surface area contributed by atoms with Crippen molar-refractivity contribution in [1.29, 1.82) is 0 Å². The Morgan fingerprint density at radius 2 is 1.87 bits per heavy atom. The Balaban J connectivity index is 1.35. The molecular formula is C34H42ClFN4O4S. The number of anilines is 1. The zero-order valence-corrected chi connectivity index (χ0v) is 27.3. The molecule has 0 bridgehead atoms. The predicted octanol–water partition coefficient (Wildman–Crippen LogP) is 5.17. The molecule has 0 spiro atoms. The SMILES string of the molecule is CC1(C)C[C@H](NC(=O)[C@H](Cc2ccc(Cl)cc2)Nc2cccc(F)c2CC[C@H]2CNCCN2S(=O)(=O)c2ccccc2)CCO1. The first kappa shape index (κ1) is 33.3. The summed E-state index contributed by atoms with van der Waals surface area (Å²) in [6.07, 6.45) is 2.45. The Labute approximate surface area is 270 Å². The molecule has 0 saturated carbocycles. The van der Waals surface area contributed by atoms with Crippen molar-refractivity contribution in [3.8, 4) is 0 Å². The van der Waals surface area contributed by atoms with Crippen molar-refractivity contribution in [3.63, 3.8) is 0 Å². The lowest BCUT2D eigenvalue weighted by molar-refractivity contribution is -0.124. The summed E-state index contributed by atoms with van der Waals surface area (Å²) in [6, 6.07) is 19.4. The molecule has 2 saturated heterocycles. The van der Waals surface area contributed by atoms with E-state index in [1.165, 1.54) is 10.4 Å². The zero-order chi connectivity index (χ0) is 32.0. The number of halogens is 2. The Bertz CT molecular complexity index is 1560. The summed E-state index contributed by atoms with van der Waals surface area (Å²) >= 11 is 6.11. The molecule has 3 atom stereocenters. The van der Waals surface area contributed by atoms with Gasteiger partial charge in [-0.25, -0.2) is 12.8 Å². The van der Waals surface area contributed by atoms with Gasteiger partial charge in [0.15, 0.2) is 0 Å². The van der Waals surface area contributed by atoms with E-state index in [2.05, 4.69) is 16.0 Å². The third kappa shape index (κ3) is 8.62. The standard InChI is InChI=1S/C34H42ClFN4O4S/c1-34(2)22-26(17-20-44-34)38-33(41)32(21-24-11-13-25(35)14-12-24)39-31-10-6-9-30(36)29(31)16-15-27-23-37-18-19-40(27)45(42,43)28-7-4-3-5-8-28/h3-14,26-27,32,37,39H,15-23H2,1-2H3,(H,38,41)/t26-,27+,32+/m1/s1. The number of rotatable bonds is 11. The van der Waals surface area contributed by atoms with Crippen LogP contribution in [0.5, 0.6) is 0 Å². The van der Waals surface area contributed by atoms with Gasteiger partial charge in [-0.3, -0.25) is 4.79 Å². The molecule has 8 nitrogen and oxygen atoms in total. The van der Waals surface area contributed by atoms with Crippen molar-refractivity contribution in [2.45, 2.75) is 74.6 Å². The number of ether oxygens (including phenoxy) is 1. The van der Waals surface area contributed by atoms with Crippen LogP contribution in [-0.2, 0) is 32.4 Å². The Kier molecular flexibility index (Phi) is 10.8. The number of piperazine rings is 1. The van der Waals surface area contributed by atoms with E-state index in [9.17, 15) is 13.2 Å². The summed E-state index contributed by atoms with van der Waals surface area (Å²) in [6.45, 7) is 5.93. The van der Waals surface area contributed by atoms with Gasteiger partial charge in [-0.2, -0.15) is 4.31 Å². The van der Waals surface area contributed by atoms with Gasteiger partial charge in [-0.15, -0.1) is 0 Å². The van der Waals surface area contributed by atoms with Crippen LogP contribution in [0.25, 0.3) is 0 Å². The molecule has 11 heteroatoms. The second-order valence-electron chi connectivity index (χ2n) is 12.4. The summed E-state index contributed by atoms with van der Waals surface area (Å²) in [4.78, 5) is 14.0. The minimum absolute atomic E-state index is 0.0425. The lowest BCUT2D eigenvalue weighted by atomic mass is 9.93. The van der Waals surface area contributed by atoms with E-state index in [1.54, 1.807) is 54.6 Å². The van der Waals surface area contributed by atoms with Crippen LogP contribution in [0.3, 0.4) is 0 Å². The summed E-state index contributed by atoms with van der Waals surface area (Å²) in [5.74, 6) is -0.586. The van der Waals surface area contributed by atoms with Crippen molar-refractivity contribution in [1.82, 2.24) is 14.9 Å². The van der Waals surface area contributed by atoms with Crippen LogP contribution < -0.4 is 16.0 Å². The lowest BCUT2D eigenvalue weighted by Crippen LogP contribution is -2.53. The van der Waals surface area contributed by atoms with Crippen molar-refractivity contribution in [2.75, 3.05) is 31.6 Å². The largest absolute Gasteiger partial charge is 0.375 e. The molecule has 3 aromatic rings. The Morgan fingerprint density at radius 1 is 1.11 bits per heavy atom. The summed E-state index contributed by atoms with van der Waals surface area (Å²) in [5.41, 5.74) is 1.51. The molecule has 2 heterocycles. The fourth-order valence-electron chi connectivity index (χ4n) is 6.20. The van der Waals surface area contributed by atoms with Gasteiger partial charge in [0.05, 0.1) is 10.5 Å². The fraction of sp³-hybridized carbons (Fsp3) is 0.441. The van der Waals surface area contributed by atoms with Crippen LogP contribution in [-0.4, -0.2) is 68.6 Å². The minimum Gasteiger partial charge on any atom is -0.375 e. The number of carbonyl (C=O) groups is 1. The van der Waals surface area contributed by atoms with Crippen molar-refractivity contribution < 1.29 is 22.3 Å². The van der Waals surface area contributed by atoms with Gasteiger partial charge < -0.3 is 20.7 Å². The average molecular weight is 657 g/mol. The van der Waals surface area contributed by atoms with E-state index in [-0.39, 0.29) is 34.9 Å². The first-order valence-corrected chi connectivity index (χ1v) is 17.3. The predicted molar refractivity (Wildman–Crippen MR) is 175 cm³/mol. The number of carbonyl (C=O) groups excluding carboxylic acids is 1. The third-order valence-electron chi connectivity index (χ3n) is 8.54. The van der Waals surface area contributed by atoms with Gasteiger partial charge in [-0.1, -0.05) is 48.0 Å². The summed E-state index contributed by atoms with van der Waals surface area (Å²) in [7, 11) is -3.71. The maximum absolute atomic E-state index is 15.5. The molecular weight excluding hydrogens is 615 g/mol. The maximum Gasteiger partial charge on any atom is 0.243 e. The van der Waals surface area contributed by atoms with E-state index in [0.29, 0.717) is 68.2 Å². The first-order valence-electron chi connectivity index (χ1n) is 15.5. The quantitative estimate of drug-likeness (QED) is 0.263. The van der Waals surface area contributed by atoms with E-state index in [1.807, 2.05) is 26.0 Å². The van der Waals surface area contributed by atoms with E-state index in [0.717, 1.165) is 5.56 Å². The molecule has 242 valence electrons. The smallest absolute Gasteiger partial charge is 0.243 e. The molecule has 45 heavy (non-hydrogen) atoms. The highest BCUT2D eigenvalue weighted by molar-refractivity contribution is 7.89. The van der Waals surface area contributed by atoms with E-state index >= 15 is 4.39 Å². The Hall–Kier alpha value is -3.02. The molecule has 2 fully saturated rings. The molecule has 1 amide bonds. The normalized spacial score (nSPS) is 21.2. The lowest BCUT2D eigenvalue weighted by Gasteiger charge is -2.36. The van der Waals surface area contributed by atoms with Gasteiger partial charge in [-0.05, 0) is 81.5 Å². The molecule has 3 aromatic carbocycles. The van der Waals surface area contributed by atoms with Crippen LogP contribution in [0.1, 0.15) is 44.2 Å². The second kappa shape index (κ2) is 14.6. The first-order chi connectivity index (χ1) is 21.5. The number of nitrogens with one attached hydrogen (secondary N) is 3. The topological polar surface area (TPSA) is 99.8 Å². The molecule has 0 radical (unpaired) electrons. The molecule has 3 N–H and O–H groups in total. The van der Waals surface area contributed by atoms with Gasteiger partial charge >= 0.3 is 0 Å². The highest BCUT2D eigenvalue weighted by Crippen LogP contribution is 2.28. The van der Waals surface area contributed by atoms with Crippen LogP contribution in [0.4, 0.5) is 10.1 Å². The molecule has 0 aromatic heterocycles. The van der Waals surface area contributed by atoms with Crippen LogP contribution in [0, 0.1) is 5.82 Å². The van der Waals surface area contributed by atoms with Gasteiger partial charge in [0.25, 0.3) is 0 Å². The van der Waals surface area contributed by atoms with E-state index < -0.39 is 21.9 Å². The summed E-state index contributed by atoms with van der Waals surface area (Å²) < 4.78 is 49.8. The number of nitrogens with zero attached hydrogens (tertiary/aromatic N) is 1. The maximum atomic E-state index is 15.5. The van der Waals surface area contributed by atoms with Crippen molar-refractivity contribution in [3.05, 3.63) is 94.8 Å². The molecule has 5 rings (SSSR count). The third-order valence-corrected chi connectivity index (χ3v) is 10.8. The van der Waals surface area contributed by atoms with Gasteiger partial charge in [0.2, 0.25) is 15.9 Å². The highest BCUT2D eigenvalue weighted by atomic mass is 35.5. The highest BCUT2D eigenvalue weighted by Gasteiger charge is 2.34. The average Bonchev–Trinajstić information content (AvgIpc) is 3.01. The van der Waals surface area contributed by atoms with Gasteiger partial charge in [0, 0.05) is 61.0 Å². The summed E-state index contributed by atoms with van der Waals surface area (Å²) in [5, 5.41) is 10.4. The molecule has 2 aliphatic heterocycles. The van der Waals surface area contributed by atoms with Crippen LogP contribution in [0.2, 0.25) is 5.02 Å². The fourth-order valence-corrected chi connectivity index (χ4v) is 8.00. The number of sulfonamides is 1. The number of hydrogen-bond acceptors (Lipinski definition) is 6. The molecule has 0 aliphatic carbocycles. The number of benzene rings is 3. The van der Waals surface area contributed by atoms with Crippen molar-refractivity contribution in [2.24, 2.45) is 0 Å². The number of hydrogen-bond donors (Lipinski definition) is 3. The van der Waals surface area contributed by atoms with E-state index in [4.69, 9.17) is 16.3 Å². The Morgan fingerprint density at radius 3 is 2.60 bits per heavy atom. The van der Waals surface area contributed by atoms with Crippen LogP contribution in [0.15, 0.2) is 77.7 Å². The van der Waals surface area contributed by atoms with Crippen LogP contribution >= 0.6 is 11.6 Å². The second-order valence-corrected chi connectivity index (χ2v) is 14.8. The monoisotopic (exact) mass is 656 g/mol. The number of amides is 1. The zero-order valence-electron chi connectivity index (χ0n) is 25.8.